The molecule has 1 aromatic rings. The van der Waals surface area contributed by atoms with Crippen molar-refractivity contribution in [3.8, 4) is 0 Å². The molecule has 1 saturated carbocycles. The second-order valence-corrected chi connectivity index (χ2v) is 5.66. The molecule has 0 aliphatic heterocycles. The molecule has 1 aliphatic carbocycles. The van der Waals surface area contributed by atoms with Gasteiger partial charge < -0.3 is 0 Å². The van der Waals surface area contributed by atoms with E-state index in [1.54, 1.807) is 6.07 Å². The van der Waals surface area contributed by atoms with Crippen LogP contribution in [-0.4, -0.2) is 15.9 Å². The monoisotopic (exact) mass is 274 g/mol. The van der Waals surface area contributed by atoms with E-state index in [-0.39, 0.29) is 24.7 Å². The molecular formula is C13H17ClF2N2. The standard InChI is InChI=1S/C13H17ClF2N2/c1-8(2)10-6-11(14)18-12(17-10)9-4-3-5-13(15,16)7-9/h6,8-9H,3-5,7H2,1-2H3. The third-order valence-corrected chi connectivity index (χ3v) is 3.52. The summed E-state index contributed by atoms with van der Waals surface area (Å²) in [6.07, 6.45) is 1.05. The summed E-state index contributed by atoms with van der Waals surface area (Å²) in [7, 11) is 0. The van der Waals surface area contributed by atoms with Gasteiger partial charge >= 0.3 is 0 Å². The van der Waals surface area contributed by atoms with Gasteiger partial charge in [-0.25, -0.2) is 18.7 Å². The van der Waals surface area contributed by atoms with Crippen LogP contribution < -0.4 is 0 Å². The summed E-state index contributed by atoms with van der Waals surface area (Å²) in [5.74, 6) is -2.17. The van der Waals surface area contributed by atoms with Crippen LogP contribution in [0.15, 0.2) is 6.07 Å². The normalized spacial score (nSPS) is 23.3. The van der Waals surface area contributed by atoms with Gasteiger partial charge in [-0.1, -0.05) is 25.4 Å². The molecule has 100 valence electrons. The zero-order valence-corrected chi connectivity index (χ0v) is 11.3. The van der Waals surface area contributed by atoms with Gasteiger partial charge in [0.25, 0.3) is 0 Å². The first-order valence-electron chi connectivity index (χ1n) is 6.29. The second kappa shape index (κ2) is 5.08. The Morgan fingerprint density at radius 1 is 1.39 bits per heavy atom. The number of nitrogens with zero attached hydrogens (tertiary/aromatic N) is 2. The lowest BCUT2D eigenvalue weighted by atomic mass is 9.86. The Hall–Kier alpha value is -0.770. The highest BCUT2D eigenvalue weighted by Crippen LogP contribution is 2.41. The van der Waals surface area contributed by atoms with Crippen molar-refractivity contribution < 1.29 is 8.78 Å². The second-order valence-electron chi connectivity index (χ2n) is 5.28. The minimum Gasteiger partial charge on any atom is -0.237 e. The number of halogens is 3. The van der Waals surface area contributed by atoms with Crippen molar-refractivity contribution in [3.63, 3.8) is 0 Å². The van der Waals surface area contributed by atoms with Crippen molar-refractivity contribution in [1.82, 2.24) is 9.97 Å². The van der Waals surface area contributed by atoms with Crippen molar-refractivity contribution in [2.75, 3.05) is 0 Å². The van der Waals surface area contributed by atoms with E-state index < -0.39 is 5.92 Å². The van der Waals surface area contributed by atoms with Gasteiger partial charge in [-0.15, -0.1) is 0 Å². The average Bonchev–Trinajstić information content (AvgIpc) is 2.26. The highest BCUT2D eigenvalue weighted by atomic mass is 35.5. The number of hydrogen-bond donors (Lipinski definition) is 0. The van der Waals surface area contributed by atoms with Gasteiger partial charge in [0.2, 0.25) is 5.92 Å². The number of hydrogen-bond acceptors (Lipinski definition) is 2. The summed E-state index contributed by atoms with van der Waals surface area (Å²) in [6, 6.07) is 1.71. The van der Waals surface area contributed by atoms with Crippen LogP contribution in [0.3, 0.4) is 0 Å². The first-order valence-corrected chi connectivity index (χ1v) is 6.67. The molecule has 0 bridgehead atoms. The van der Waals surface area contributed by atoms with Gasteiger partial charge in [0.05, 0.1) is 0 Å². The van der Waals surface area contributed by atoms with E-state index in [0.717, 1.165) is 5.69 Å². The van der Waals surface area contributed by atoms with Crippen molar-refractivity contribution in [2.45, 2.75) is 57.3 Å². The highest BCUT2D eigenvalue weighted by molar-refractivity contribution is 6.29. The quantitative estimate of drug-likeness (QED) is 0.740. The summed E-state index contributed by atoms with van der Waals surface area (Å²) in [4.78, 5) is 8.52. The highest BCUT2D eigenvalue weighted by Gasteiger charge is 2.38. The third-order valence-electron chi connectivity index (χ3n) is 3.33. The van der Waals surface area contributed by atoms with Gasteiger partial charge in [-0.3, -0.25) is 0 Å². The molecule has 2 rings (SSSR count). The zero-order chi connectivity index (χ0) is 13.3. The maximum atomic E-state index is 13.4. The Kier molecular flexibility index (Phi) is 3.85. The van der Waals surface area contributed by atoms with E-state index in [9.17, 15) is 8.78 Å². The molecule has 5 heteroatoms. The van der Waals surface area contributed by atoms with Crippen LogP contribution in [0.2, 0.25) is 5.15 Å². The summed E-state index contributed by atoms with van der Waals surface area (Å²) in [5.41, 5.74) is 0.818. The Labute approximate surface area is 111 Å². The number of aromatic nitrogens is 2. The summed E-state index contributed by atoms with van der Waals surface area (Å²) >= 11 is 5.95. The SMILES string of the molecule is CC(C)c1cc(Cl)nc(C2CCCC(F)(F)C2)n1. The topological polar surface area (TPSA) is 25.8 Å². The van der Waals surface area contributed by atoms with Crippen molar-refractivity contribution in [1.29, 1.82) is 0 Å². The molecule has 1 atom stereocenters. The summed E-state index contributed by atoms with van der Waals surface area (Å²) in [5, 5.41) is 0.345. The van der Waals surface area contributed by atoms with Crippen LogP contribution in [-0.2, 0) is 0 Å². The Morgan fingerprint density at radius 2 is 2.11 bits per heavy atom. The zero-order valence-electron chi connectivity index (χ0n) is 10.6. The Balaban J connectivity index is 2.27. The van der Waals surface area contributed by atoms with Crippen LogP contribution in [0.5, 0.6) is 0 Å². The minimum atomic E-state index is -2.59. The molecule has 1 heterocycles. The van der Waals surface area contributed by atoms with Crippen molar-refractivity contribution in [2.24, 2.45) is 0 Å². The Bertz CT molecular complexity index is 435. The molecule has 0 saturated heterocycles. The van der Waals surface area contributed by atoms with Gasteiger partial charge in [0, 0.05) is 24.5 Å². The van der Waals surface area contributed by atoms with Crippen LogP contribution in [0.1, 0.15) is 62.9 Å². The van der Waals surface area contributed by atoms with Gasteiger partial charge in [0.1, 0.15) is 11.0 Å². The van der Waals surface area contributed by atoms with Crippen LogP contribution >= 0.6 is 11.6 Å². The van der Waals surface area contributed by atoms with Gasteiger partial charge in [0.15, 0.2) is 0 Å². The molecule has 1 unspecified atom stereocenters. The van der Waals surface area contributed by atoms with Crippen LogP contribution in [0.25, 0.3) is 0 Å². The minimum absolute atomic E-state index is 0.0267. The van der Waals surface area contributed by atoms with Crippen molar-refractivity contribution in [3.05, 3.63) is 22.7 Å². The van der Waals surface area contributed by atoms with Crippen LogP contribution in [0, 0.1) is 0 Å². The van der Waals surface area contributed by atoms with E-state index in [0.29, 0.717) is 23.8 Å². The van der Waals surface area contributed by atoms with E-state index in [4.69, 9.17) is 11.6 Å². The molecule has 0 N–H and O–H groups in total. The fraction of sp³-hybridized carbons (Fsp3) is 0.692. The third kappa shape index (κ3) is 3.16. The molecule has 18 heavy (non-hydrogen) atoms. The molecule has 0 radical (unpaired) electrons. The maximum Gasteiger partial charge on any atom is 0.248 e. The van der Waals surface area contributed by atoms with Gasteiger partial charge in [-0.2, -0.15) is 0 Å². The fourth-order valence-electron chi connectivity index (χ4n) is 2.32. The number of rotatable bonds is 2. The number of alkyl halides is 2. The van der Waals surface area contributed by atoms with Crippen molar-refractivity contribution >= 4 is 11.6 Å². The predicted octanol–water partition coefficient (Wildman–Crippen LogP) is 4.55. The first kappa shape index (κ1) is 13.7. The first-order chi connectivity index (χ1) is 8.37. The average molecular weight is 275 g/mol. The molecular weight excluding hydrogens is 258 g/mol. The molecule has 0 amide bonds. The van der Waals surface area contributed by atoms with E-state index in [2.05, 4.69) is 9.97 Å². The largest absolute Gasteiger partial charge is 0.248 e. The molecule has 1 aromatic heterocycles. The molecule has 1 fully saturated rings. The molecule has 0 aromatic carbocycles. The smallest absolute Gasteiger partial charge is 0.237 e. The van der Waals surface area contributed by atoms with E-state index >= 15 is 0 Å². The summed E-state index contributed by atoms with van der Waals surface area (Å²) < 4.78 is 26.8. The van der Waals surface area contributed by atoms with E-state index in [1.807, 2.05) is 13.8 Å². The Morgan fingerprint density at radius 3 is 2.72 bits per heavy atom. The lowest BCUT2D eigenvalue weighted by Crippen LogP contribution is -2.26. The molecule has 1 aliphatic rings. The van der Waals surface area contributed by atoms with Gasteiger partial charge in [-0.05, 0) is 24.8 Å². The van der Waals surface area contributed by atoms with Crippen LogP contribution in [0.4, 0.5) is 8.78 Å². The van der Waals surface area contributed by atoms with E-state index in [1.165, 1.54) is 0 Å². The fourth-order valence-corrected chi connectivity index (χ4v) is 2.52. The molecule has 0 spiro atoms. The molecule has 2 nitrogen and oxygen atoms in total. The lowest BCUT2D eigenvalue weighted by Gasteiger charge is -2.28. The predicted molar refractivity (Wildman–Crippen MR) is 67.3 cm³/mol. The summed E-state index contributed by atoms with van der Waals surface area (Å²) in [6.45, 7) is 4.00. The lowest BCUT2D eigenvalue weighted by molar-refractivity contribution is -0.0417. The maximum absolute atomic E-state index is 13.4.